The second kappa shape index (κ2) is 47.3. The van der Waals surface area contributed by atoms with Gasteiger partial charge in [0.25, 0.3) is 0 Å². The van der Waals surface area contributed by atoms with Gasteiger partial charge in [-0.05, 0) is 96.3 Å². The van der Waals surface area contributed by atoms with Gasteiger partial charge in [-0.25, -0.2) is 0 Å². The van der Waals surface area contributed by atoms with Crippen molar-refractivity contribution in [1.82, 2.24) is 0 Å². The largest absolute Gasteiger partial charge is 0.462 e. The van der Waals surface area contributed by atoms with E-state index in [1.54, 1.807) is 0 Å². The van der Waals surface area contributed by atoms with Crippen LogP contribution < -0.4 is 0 Å². The number of carbonyl (C=O) groups is 3. The minimum atomic E-state index is -0.816. The van der Waals surface area contributed by atoms with Crippen molar-refractivity contribution in [1.29, 1.82) is 0 Å². The molecule has 0 aromatic rings. The lowest BCUT2D eigenvalue weighted by molar-refractivity contribution is -0.166. The molecule has 6 nitrogen and oxygen atoms in total. The maximum absolute atomic E-state index is 12.7. The summed E-state index contributed by atoms with van der Waals surface area (Å²) in [4.78, 5) is 37.8. The van der Waals surface area contributed by atoms with Crippen LogP contribution in [0.3, 0.4) is 0 Å². The van der Waals surface area contributed by atoms with E-state index in [1.807, 2.05) is 12.2 Å². The summed E-state index contributed by atoms with van der Waals surface area (Å²) in [6.07, 6.45) is 60.1. The van der Waals surface area contributed by atoms with Crippen LogP contribution in [0.2, 0.25) is 0 Å². The fourth-order valence-corrected chi connectivity index (χ4v) is 6.23. The van der Waals surface area contributed by atoms with E-state index in [0.29, 0.717) is 19.3 Å². The molecule has 0 aromatic carbocycles. The van der Waals surface area contributed by atoms with Crippen LogP contribution in [0, 0.1) is 0 Å². The zero-order valence-corrected chi connectivity index (χ0v) is 38.2. The summed E-state index contributed by atoms with van der Waals surface area (Å²) in [7, 11) is 0. The Morgan fingerprint density at radius 1 is 0.356 bits per heavy atom. The Labute approximate surface area is 363 Å². The maximum atomic E-state index is 12.7. The lowest BCUT2D eigenvalue weighted by Gasteiger charge is -2.18. The quantitative estimate of drug-likeness (QED) is 0.0264. The minimum Gasteiger partial charge on any atom is -0.462 e. The van der Waals surface area contributed by atoms with Crippen LogP contribution in [0.5, 0.6) is 0 Å². The summed E-state index contributed by atoms with van der Waals surface area (Å²) in [6, 6.07) is 0. The maximum Gasteiger partial charge on any atom is 0.306 e. The smallest absolute Gasteiger partial charge is 0.306 e. The molecule has 336 valence electrons. The van der Waals surface area contributed by atoms with E-state index >= 15 is 0 Å². The minimum absolute atomic E-state index is 0.111. The second-order valence-electron chi connectivity index (χ2n) is 15.6. The zero-order chi connectivity index (χ0) is 43.0. The molecule has 0 radical (unpaired) electrons. The highest BCUT2D eigenvalue weighted by Crippen LogP contribution is 2.12. The van der Waals surface area contributed by atoms with Crippen molar-refractivity contribution >= 4 is 17.9 Å². The molecule has 0 saturated heterocycles. The van der Waals surface area contributed by atoms with Crippen molar-refractivity contribution in [3.63, 3.8) is 0 Å². The molecule has 0 spiro atoms. The summed E-state index contributed by atoms with van der Waals surface area (Å²) in [5.41, 5.74) is 0. The Morgan fingerprint density at radius 2 is 0.712 bits per heavy atom. The summed E-state index contributed by atoms with van der Waals surface area (Å²) in [5, 5.41) is 0. The second-order valence-corrected chi connectivity index (χ2v) is 15.6. The Kier molecular flexibility index (Phi) is 44.5. The predicted octanol–water partition coefficient (Wildman–Crippen LogP) is 15.6. The third-order valence-electron chi connectivity index (χ3n) is 9.87. The van der Waals surface area contributed by atoms with Gasteiger partial charge >= 0.3 is 17.9 Å². The standard InChI is InChI=1S/C53H88O6/c1-4-7-10-13-16-19-22-24-26-27-29-31-34-37-40-43-46-52(55)58-49-50(48-57-51(54)45-42-39-36-33-30-21-18-15-12-9-6-3)59-53(56)47-44-41-38-35-32-28-25-23-20-17-14-11-8-5-2/h7,10,15-16,18-19,24,26,28-29,31-32,37,40,50H,4-6,8-9,11-14,17,20-23,25,27,30,33-36,38-39,41-49H2,1-3H3/b10-7-,18-15-,19-16-,26-24-,31-29-,32-28-,40-37-. The van der Waals surface area contributed by atoms with E-state index in [1.165, 1.54) is 70.6 Å². The molecule has 0 saturated carbocycles. The van der Waals surface area contributed by atoms with Crippen LogP contribution in [-0.4, -0.2) is 37.2 Å². The van der Waals surface area contributed by atoms with Gasteiger partial charge in [-0.15, -0.1) is 0 Å². The van der Waals surface area contributed by atoms with E-state index in [9.17, 15) is 14.4 Å². The van der Waals surface area contributed by atoms with Gasteiger partial charge in [0, 0.05) is 19.3 Å². The molecule has 0 fully saturated rings. The summed E-state index contributed by atoms with van der Waals surface area (Å²) < 4.78 is 16.6. The lowest BCUT2D eigenvalue weighted by Crippen LogP contribution is -2.30. The molecule has 0 amide bonds. The molecule has 0 rings (SSSR count). The van der Waals surface area contributed by atoms with Gasteiger partial charge in [0.1, 0.15) is 13.2 Å². The number of esters is 3. The summed E-state index contributed by atoms with van der Waals surface area (Å²) in [6.45, 7) is 6.38. The van der Waals surface area contributed by atoms with Gasteiger partial charge in [-0.2, -0.15) is 0 Å². The number of hydrogen-bond donors (Lipinski definition) is 0. The van der Waals surface area contributed by atoms with Crippen LogP contribution in [0.1, 0.15) is 213 Å². The molecule has 6 heteroatoms. The average molecular weight is 821 g/mol. The SMILES string of the molecule is CC/C=C\C/C=C\C/C=C\C/C=C\C/C=C\CCC(=O)OCC(COC(=O)CCCCCCC/C=C\CCCC)OC(=O)CCCCC/C=C\CCCCCCCCC. The van der Waals surface area contributed by atoms with Gasteiger partial charge in [0.05, 0.1) is 0 Å². The van der Waals surface area contributed by atoms with Crippen molar-refractivity contribution in [2.24, 2.45) is 0 Å². The van der Waals surface area contributed by atoms with E-state index in [-0.39, 0.29) is 37.5 Å². The van der Waals surface area contributed by atoms with Crippen LogP contribution in [0.4, 0.5) is 0 Å². The van der Waals surface area contributed by atoms with Crippen molar-refractivity contribution in [2.75, 3.05) is 13.2 Å². The van der Waals surface area contributed by atoms with Crippen LogP contribution in [0.15, 0.2) is 85.1 Å². The Balaban J connectivity index is 4.53. The Morgan fingerprint density at radius 3 is 1.20 bits per heavy atom. The first kappa shape index (κ1) is 55.6. The first-order chi connectivity index (χ1) is 29.0. The monoisotopic (exact) mass is 821 g/mol. The van der Waals surface area contributed by atoms with Gasteiger partial charge in [-0.1, -0.05) is 183 Å². The van der Waals surface area contributed by atoms with Gasteiger partial charge < -0.3 is 14.2 Å². The van der Waals surface area contributed by atoms with Crippen molar-refractivity contribution in [2.45, 2.75) is 219 Å². The third-order valence-corrected chi connectivity index (χ3v) is 9.87. The summed E-state index contributed by atoms with van der Waals surface area (Å²) in [5.74, 6) is -1.03. The van der Waals surface area contributed by atoms with Crippen LogP contribution in [0.25, 0.3) is 0 Å². The van der Waals surface area contributed by atoms with Crippen molar-refractivity contribution < 1.29 is 28.6 Å². The van der Waals surface area contributed by atoms with E-state index in [0.717, 1.165) is 96.3 Å². The molecule has 59 heavy (non-hydrogen) atoms. The average Bonchev–Trinajstić information content (AvgIpc) is 3.23. The molecule has 0 bridgehead atoms. The van der Waals surface area contributed by atoms with Gasteiger partial charge in [0.2, 0.25) is 0 Å². The van der Waals surface area contributed by atoms with Crippen LogP contribution in [-0.2, 0) is 28.6 Å². The zero-order valence-electron chi connectivity index (χ0n) is 38.2. The van der Waals surface area contributed by atoms with Gasteiger partial charge in [-0.3, -0.25) is 14.4 Å². The van der Waals surface area contributed by atoms with E-state index in [2.05, 4.69) is 93.7 Å². The molecular weight excluding hydrogens is 733 g/mol. The van der Waals surface area contributed by atoms with Gasteiger partial charge in [0.15, 0.2) is 6.10 Å². The number of unbranched alkanes of at least 4 members (excludes halogenated alkanes) is 17. The predicted molar refractivity (Wildman–Crippen MR) is 251 cm³/mol. The fourth-order valence-electron chi connectivity index (χ4n) is 6.23. The van der Waals surface area contributed by atoms with Crippen molar-refractivity contribution in [3.8, 4) is 0 Å². The number of hydrogen-bond acceptors (Lipinski definition) is 6. The molecular formula is C53H88O6. The first-order valence-corrected chi connectivity index (χ1v) is 24.1. The lowest BCUT2D eigenvalue weighted by atomic mass is 10.1. The number of carbonyl (C=O) groups excluding carboxylic acids is 3. The highest BCUT2D eigenvalue weighted by Gasteiger charge is 2.19. The molecule has 0 aliphatic carbocycles. The van der Waals surface area contributed by atoms with Crippen molar-refractivity contribution in [3.05, 3.63) is 85.1 Å². The molecule has 0 aliphatic rings. The molecule has 0 heterocycles. The first-order valence-electron chi connectivity index (χ1n) is 24.1. The molecule has 0 aromatic heterocycles. The third kappa shape index (κ3) is 45.5. The van der Waals surface area contributed by atoms with E-state index < -0.39 is 6.10 Å². The van der Waals surface area contributed by atoms with Crippen LogP contribution >= 0.6 is 0 Å². The number of allylic oxidation sites excluding steroid dienone is 14. The molecule has 0 aliphatic heterocycles. The topological polar surface area (TPSA) is 78.9 Å². The molecule has 0 N–H and O–H groups in total. The Hall–Kier alpha value is -3.41. The highest BCUT2D eigenvalue weighted by molar-refractivity contribution is 5.71. The molecule has 1 atom stereocenters. The summed E-state index contributed by atoms with van der Waals surface area (Å²) >= 11 is 0. The molecule has 1 unspecified atom stereocenters. The fraction of sp³-hybridized carbons (Fsp3) is 0.679. The van der Waals surface area contributed by atoms with E-state index in [4.69, 9.17) is 14.2 Å². The Bertz CT molecular complexity index is 1170. The number of ether oxygens (including phenoxy) is 3. The normalized spacial score (nSPS) is 12.8. The highest BCUT2D eigenvalue weighted by atomic mass is 16.6. The number of rotatable bonds is 42.